The molecule has 11 heteroatoms. The molecule has 3 amide bonds. The Hall–Kier alpha value is -3.63. The molecular weight excluding hydrogens is 453 g/mol. The van der Waals surface area contributed by atoms with Crippen molar-refractivity contribution >= 4 is 28.7 Å². The molecule has 3 aromatic rings. The van der Waals surface area contributed by atoms with Crippen molar-refractivity contribution in [2.24, 2.45) is 0 Å². The molecule has 0 radical (unpaired) electrons. The number of nitrogens with zero attached hydrogens (tertiary/aromatic N) is 4. The van der Waals surface area contributed by atoms with Crippen LogP contribution >= 0.6 is 0 Å². The second kappa shape index (κ2) is 9.70. The lowest BCUT2D eigenvalue weighted by molar-refractivity contribution is -0.141. The zero-order valence-corrected chi connectivity index (χ0v) is 18.5. The second-order valence-electron chi connectivity index (χ2n) is 7.82. The Morgan fingerprint density at radius 2 is 2.00 bits per heavy atom. The SMILES string of the molecule is CCCc1c(OCCCN2C(=O)CCN(c3ccccn3)C2=O)ccc2c(C(F)(F)F)noc12. The van der Waals surface area contributed by atoms with Gasteiger partial charge in [-0.2, -0.15) is 13.2 Å². The van der Waals surface area contributed by atoms with Crippen LogP contribution in [0.25, 0.3) is 11.0 Å². The summed E-state index contributed by atoms with van der Waals surface area (Å²) >= 11 is 0. The fraction of sp³-hybridized carbons (Fsp3) is 0.391. The van der Waals surface area contributed by atoms with E-state index in [2.05, 4.69) is 10.1 Å². The van der Waals surface area contributed by atoms with Gasteiger partial charge in [0.15, 0.2) is 11.3 Å². The Morgan fingerprint density at radius 3 is 2.71 bits per heavy atom. The molecule has 0 atom stereocenters. The first-order valence-corrected chi connectivity index (χ1v) is 11.0. The first kappa shape index (κ1) is 23.5. The van der Waals surface area contributed by atoms with E-state index in [1.54, 1.807) is 24.4 Å². The van der Waals surface area contributed by atoms with Crippen LogP contribution in [-0.2, 0) is 17.4 Å². The van der Waals surface area contributed by atoms with E-state index in [1.807, 2.05) is 6.92 Å². The molecule has 8 nitrogen and oxygen atoms in total. The average molecular weight is 476 g/mol. The van der Waals surface area contributed by atoms with Crippen molar-refractivity contribution in [3.63, 3.8) is 0 Å². The van der Waals surface area contributed by atoms with E-state index in [-0.39, 0.29) is 43.0 Å². The fourth-order valence-corrected chi connectivity index (χ4v) is 3.91. The van der Waals surface area contributed by atoms with E-state index in [0.717, 1.165) is 0 Å². The summed E-state index contributed by atoms with van der Waals surface area (Å²) in [5, 5.41) is 3.10. The van der Waals surface area contributed by atoms with Crippen molar-refractivity contribution in [1.29, 1.82) is 0 Å². The molecule has 34 heavy (non-hydrogen) atoms. The van der Waals surface area contributed by atoms with Gasteiger partial charge in [-0.25, -0.2) is 9.78 Å². The number of halogens is 3. The van der Waals surface area contributed by atoms with E-state index in [0.29, 0.717) is 36.4 Å². The highest BCUT2D eigenvalue weighted by Crippen LogP contribution is 2.38. The Labute approximate surface area is 193 Å². The highest BCUT2D eigenvalue weighted by molar-refractivity contribution is 6.05. The molecule has 0 spiro atoms. The van der Waals surface area contributed by atoms with Crippen LogP contribution in [0.5, 0.6) is 5.75 Å². The molecule has 1 aromatic carbocycles. The van der Waals surface area contributed by atoms with Gasteiger partial charge < -0.3 is 9.26 Å². The summed E-state index contributed by atoms with van der Waals surface area (Å²) in [6.07, 6.45) is -1.39. The Balaban J connectivity index is 1.43. The van der Waals surface area contributed by atoms with Crippen molar-refractivity contribution in [3.8, 4) is 5.75 Å². The predicted octanol–water partition coefficient (Wildman–Crippen LogP) is 4.82. The van der Waals surface area contributed by atoms with Crippen LogP contribution < -0.4 is 9.64 Å². The number of hydrogen-bond donors (Lipinski definition) is 0. The predicted molar refractivity (Wildman–Crippen MR) is 116 cm³/mol. The first-order valence-electron chi connectivity index (χ1n) is 11.0. The normalized spacial score (nSPS) is 14.8. The van der Waals surface area contributed by atoms with Gasteiger partial charge in [-0.1, -0.05) is 24.6 Å². The minimum atomic E-state index is -4.62. The number of ether oxygens (including phenoxy) is 1. The van der Waals surface area contributed by atoms with E-state index in [4.69, 9.17) is 9.26 Å². The minimum absolute atomic E-state index is 0.0547. The smallest absolute Gasteiger partial charge is 0.437 e. The monoisotopic (exact) mass is 476 g/mol. The van der Waals surface area contributed by atoms with Crippen LogP contribution in [0.2, 0.25) is 0 Å². The molecule has 4 rings (SSSR count). The number of carbonyl (C=O) groups is 2. The zero-order valence-electron chi connectivity index (χ0n) is 18.5. The molecule has 0 aliphatic carbocycles. The van der Waals surface area contributed by atoms with Crippen LogP contribution in [0.15, 0.2) is 41.1 Å². The number of benzene rings is 1. The first-order chi connectivity index (χ1) is 16.3. The maximum absolute atomic E-state index is 13.2. The third kappa shape index (κ3) is 4.68. The Kier molecular flexibility index (Phi) is 6.71. The summed E-state index contributed by atoms with van der Waals surface area (Å²) in [6, 6.07) is 7.52. The molecule has 1 saturated heterocycles. The van der Waals surface area contributed by atoms with E-state index in [9.17, 15) is 22.8 Å². The lowest BCUT2D eigenvalue weighted by atomic mass is 10.0. The molecular formula is C23H23F3N4O4. The van der Waals surface area contributed by atoms with Crippen molar-refractivity contribution in [2.75, 3.05) is 24.6 Å². The number of rotatable bonds is 8. The topological polar surface area (TPSA) is 88.8 Å². The van der Waals surface area contributed by atoms with Crippen molar-refractivity contribution < 1.29 is 32.0 Å². The van der Waals surface area contributed by atoms with Crippen molar-refractivity contribution in [1.82, 2.24) is 15.0 Å². The maximum Gasteiger partial charge on any atom is 0.437 e. The van der Waals surface area contributed by atoms with Crippen molar-refractivity contribution in [2.45, 2.75) is 38.8 Å². The second-order valence-corrected chi connectivity index (χ2v) is 7.82. The fourth-order valence-electron chi connectivity index (χ4n) is 3.91. The highest BCUT2D eigenvalue weighted by atomic mass is 19.4. The molecule has 0 bridgehead atoms. The number of fused-ring (bicyclic) bond motifs is 1. The third-order valence-corrected chi connectivity index (χ3v) is 5.49. The Morgan fingerprint density at radius 1 is 1.18 bits per heavy atom. The summed E-state index contributed by atoms with van der Waals surface area (Å²) in [7, 11) is 0. The number of carbonyl (C=O) groups excluding carboxylic acids is 2. The van der Waals surface area contributed by atoms with E-state index >= 15 is 0 Å². The van der Waals surface area contributed by atoms with Crippen LogP contribution in [0, 0.1) is 0 Å². The summed E-state index contributed by atoms with van der Waals surface area (Å²) in [6.45, 7) is 2.46. The number of alkyl halides is 3. The minimum Gasteiger partial charge on any atom is -0.493 e. The van der Waals surface area contributed by atoms with Gasteiger partial charge in [0, 0.05) is 31.3 Å². The number of amides is 3. The summed E-state index contributed by atoms with van der Waals surface area (Å²) in [5.74, 6) is 0.598. The maximum atomic E-state index is 13.2. The van der Waals surface area contributed by atoms with Gasteiger partial charge in [-0.15, -0.1) is 0 Å². The molecule has 2 aromatic heterocycles. The van der Waals surface area contributed by atoms with Gasteiger partial charge in [0.2, 0.25) is 5.91 Å². The van der Waals surface area contributed by atoms with Crippen LogP contribution in [-0.4, -0.2) is 46.7 Å². The summed E-state index contributed by atoms with van der Waals surface area (Å²) in [4.78, 5) is 31.9. The molecule has 3 heterocycles. The lowest BCUT2D eigenvalue weighted by Gasteiger charge is -2.33. The largest absolute Gasteiger partial charge is 0.493 e. The zero-order chi connectivity index (χ0) is 24.3. The molecule has 180 valence electrons. The third-order valence-electron chi connectivity index (χ3n) is 5.49. The van der Waals surface area contributed by atoms with Gasteiger partial charge in [-0.3, -0.25) is 14.6 Å². The van der Waals surface area contributed by atoms with Crippen LogP contribution in [0.4, 0.5) is 23.8 Å². The van der Waals surface area contributed by atoms with Gasteiger partial charge in [-0.05, 0) is 37.1 Å². The van der Waals surface area contributed by atoms with Gasteiger partial charge in [0.1, 0.15) is 11.6 Å². The number of aryl methyl sites for hydroxylation is 1. The standard InChI is InChI=1S/C23H23F3N4O4/c1-2-6-15-17(9-8-16-20(15)34-28-21(16)23(24,25)26)33-14-5-12-30-19(31)10-13-29(22(30)32)18-7-3-4-11-27-18/h3-4,7-9,11H,2,5-6,10,12-14H2,1H3. The molecule has 0 saturated carbocycles. The summed E-state index contributed by atoms with van der Waals surface area (Å²) in [5.41, 5.74) is -0.500. The number of pyridine rings is 1. The molecule has 1 aliphatic heterocycles. The average Bonchev–Trinajstić information content (AvgIpc) is 3.25. The summed E-state index contributed by atoms with van der Waals surface area (Å²) < 4.78 is 50.4. The highest BCUT2D eigenvalue weighted by Gasteiger charge is 2.38. The quantitative estimate of drug-likeness (QED) is 0.433. The van der Waals surface area contributed by atoms with Crippen LogP contribution in [0.3, 0.4) is 0 Å². The lowest BCUT2D eigenvalue weighted by Crippen LogP contribution is -2.53. The number of imide groups is 1. The molecule has 1 aliphatic rings. The van der Waals surface area contributed by atoms with Gasteiger partial charge in [0.05, 0.1) is 12.0 Å². The van der Waals surface area contributed by atoms with Crippen LogP contribution in [0.1, 0.15) is 37.4 Å². The van der Waals surface area contributed by atoms with Gasteiger partial charge >= 0.3 is 12.2 Å². The van der Waals surface area contributed by atoms with Crippen molar-refractivity contribution in [3.05, 3.63) is 47.8 Å². The number of aromatic nitrogens is 2. The van der Waals surface area contributed by atoms with Gasteiger partial charge in [0.25, 0.3) is 0 Å². The Bertz CT molecular complexity index is 1180. The van der Waals surface area contributed by atoms with E-state index in [1.165, 1.54) is 21.9 Å². The number of anilines is 1. The number of hydrogen-bond acceptors (Lipinski definition) is 6. The van der Waals surface area contributed by atoms with E-state index < -0.39 is 17.9 Å². The molecule has 0 unspecified atom stereocenters. The molecule has 0 N–H and O–H groups in total. The number of urea groups is 1. The molecule has 1 fully saturated rings.